The van der Waals surface area contributed by atoms with Crippen molar-refractivity contribution in [1.82, 2.24) is 9.21 Å². The monoisotopic (exact) mass is 397 g/mol. The van der Waals surface area contributed by atoms with Gasteiger partial charge in [0.15, 0.2) is 0 Å². The van der Waals surface area contributed by atoms with Crippen LogP contribution in [-0.4, -0.2) is 55.3 Å². The van der Waals surface area contributed by atoms with E-state index in [2.05, 4.69) is 20.8 Å². The zero-order chi connectivity index (χ0) is 14.9. The number of halogens is 1. The summed E-state index contributed by atoms with van der Waals surface area (Å²) >= 11 is 9.65. The molecule has 0 aliphatic carbocycles. The van der Waals surface area contributed by atoms with Crippen molar-refractivity contribution in [2.75, 3.05) is 32.7 Å². The molecular formula is C11H16BrN3O2S3. The highest BCUT2D eigenvalue weighted by Gasteiger charge is 2.30. The van der Waals surface area contributed by atoms with Crippen molar-refractivity contribution in [2.24, 2.45) is 5.73 Å². The molecule has 0 unspecified atom stereocenters. The highest BCUT2D eigenvalue weighted by atomic mass is 79.9. The molecule has 20 heavy (non-hydrogen) atoms. The maximum absolute atomic E-state index is 12.6. The molecule has 2 heterocycles. The van der Waals surface area contributed by atoms with E-state index in [9.17, 15) is 8.42 Å². The standard InChI is InChI=1S/C11H16BrN3O2S3/c1-8-9(6-10(12)19-8)20(16,17)15-4-2-14(3-5-15)7-11(13)18/h6H,2-5,7H2,1H3,(H2,13,18). The number of thiocarbonyl (C=S) groups is 1. The number of nitrogens with two attached hydrogens (primary N) is 1. The summed E-state index contributed by atoms with van der Waals surface area (Å²) in [4.78, 5) is 3.73. The first-order valence-corrected chi connectivity index (χ1v) is 9.53. The first kappa shape index (κ1) is 16.3. The quantitative estimate of drug-likeness (QED) is 0.777. The largest absolute Gasteiger partial charge is 0.392 e. The Morgan fingerprint density at radius 3 is 2.50 bits per heavy atom. The first-order valence-electron chi connectivity index (χ1n) is 6.07. The number of piperazine rings is 1. The van der Waals surface area contributed by atoms with E-state index in [-0.39, 0.29) is 0 Å². The number of hydrogen-bond donors (Lipinski definition) is 1. The lowest BCUT2D eigenvalue weighted by Gasteiger charge is -2.33. The molecular weight excluding hydrogens is 382 g/mol. The zero-order valence-corrected chi connectivity index (χ0v) is 15.0. The second-order valence-corrected chi connectivity index (χ2v) is 9.68. The molecule has 1 aliphatic rings. The van der Waals surface area contributed by atoms with Crippen LogP contribution in [0, 0.1) is 6.92 Å². The summed E-state index contributed by atoms with van der Waals surface area (Å²) < 4.78 is 27.6. The number of thiophene rings is 1. The minimum Gasteiger partial charge on any atom is -0.392 e. The molecule has 0 saturated carbocycles. The third kappa shape index (κ3) is 3.58. The molecule has 0 aromatic carbocycles. The fraction of sp³-hybridized carbons (Fsp3) is 0.545. The van der Waals surface area contributed by atoms with Gasteiger partial charge in [-0.3, -0.25) is 4.90 Å². The predicted molar refractivity (Wildman–Crippen MR) is 88.7 cm³/mol. The van der Waals surface area contributed by atoms with Gasteiger partial charge in [0, 0.05) is 37.6 Å². The second-order valence-electron chi connectivity index (χ2n) is 4.62. The third-order valence-corrected chi connectivity index (χ3v) is 7.01. The van der Waals surface area contributed by atoms with Gasteiger partial charge in [0.05, 0.1) is 13.7 Å². The Labute approximate surface area is 136 Å². The average Bonchev–Trinajstić information content (AvgIpc) is 2.69. The second kappa shape index (κ2) is 6.37. The van der Waals surface area contributed by atoms with E-state index in [4.69, 9.17) is 18.0 Å². The van der Waals surface area contributed by atoms with Gasteiger partial charge in [-0.05, 0) is 28.9 Å². The Morgan fingerprint density at radius 1 is 1.45 bits per heavy atom. The van der Waals surface area contributed by atoms with Crippen LogP contribution in [0.15, 0.2) is 14.7 Å². The van der Waals surface area contributed by atoms with E-state index in [1.165, 1.54) is 15.6 Å². The van der Waals surface area contributed by atoms with Crippen molar-refractivity contribution in [3.8, 4) is 0 Å². The van der Waals surface area contributed by atoms with Crippen LogP contribution >= 0.6 is 39.5 Å². The number of aryl methyl sites for hydroxylation is 1. The topological polar surface area (TPSA) is 66.6 Å². The van der Waals surface area contributed by atoms with Gasteiger partial charge in [-0.2, -0.15) is 4.31 Å². The Bertz CT molecular complexity index is 606. The third-order valence-electron chi connectivity index (χ3n) is 3.17. The van der Waals surface area contributed by atoms with E-state index in [1.54, 1.807) is 6.07 Å². The van der Waals surface area contributed by atoms with E-state index in [0.29, 0.717) is 42.6 Å². The van der Waals surface area contributed by atoms with Crippen LogP contribution in [0.1, 0.15) is 4.88 Å². The van der Waals surface area contributed by atoms with Crippen LogP contribution in [0.2, 0.25) is 0 Å². The van der Waals surface area contributed by atoms with Crippen molar-refractivity contribution in [1.29, 1.82) is 0 Å². The molecule has 5 nitrogen and oxygen atoms in total. The van der Waals surface area contributed by atoms with Gasteiger partial charge in [0.2, 0.25) is 10.0 Å². The minimum absolute atomic E-state index is 0.400. The van der Waals surface area contributed by atoms with Gasteiger partial charge >= 0.3 is 0 Å². The molecule has 0 bridgehead atoms. The molecule has 112 valence electrons. The Hall–Kier alpha value is -0.0600. The summed E-state index contributed by atoms with van der Waals surface area (Å²) in [6, 6.07) is 1.68. The van der Waals surface area contributed by atoms with Crippen LogP contribution in [0.5, 0.6) is 0 Å². The molecule has 9 heteroatoms. The summed E-state index contributed by atoms with van der Waals surface area (Å²) in [6.45, 7) is 4.62. The summed E-state index contributed by atoms with van der Waals surface area (Å²) in [5, 5.41) is 0. The van der Waals surface area contributed by atoms with Crippen molar-refractivity contribution >= 4 is 54.5 Å². The molecule has 1 aliphatic heterocycles. The summed E-state index contributed by atoms with van der Waals surface area (Å²) in [6.07, 6.45) is 0. The van der Waals surface area contributed by atoms with Crippen LogP contribution < -0.4 is 5.73 Å². The van der Waals surface area contributed by atoms with Gasteiger partial charge in [-0.15, -0.1) is 11.3 Å². The molecule has 2 rings (SSSR count). The van der Waals surface area contributed by atoms with Gasteiger partial charge in [-0.1, -0.05) is 12.2 Å². The van der Waals surface area contributed by atoms with Crippen LogP contribution in [0.3, 0.4) is 0 Å². The fourth-order valence-corrected chi connectivity index (χ4v) is 6.16. The summed E-state index contributed by atoms with van der Waals surface area (Å²) in [5.41, 5.74) is 5.51. The van der Waals surface area contributed by atoms with E-state index < -0.39 is 10.0 Å². The minimum atomic E-state index is -3.40. The molecule has 0 spiro atoms. The van der Waals surface area contributed by atoms with Crippen LogP contribution in [-0.2, 0) is 10.0 Å². The highest BCUT2D eigenvalue weighted by molar-refractivity contribution is 9.11. The SMILES string of the molecule is Cc1sc(Br)cc1S(=O)(=O)N1CCN(CC(N)=S)CC1. The average molecular weight is 398 g/mol. The van der Waals surface area contributed by atoms with Crippen molar-refractivity contribution in [3.05, 3.63) is 14.7 Å². The Kier molecular flexibility index (Phi) is 5.19. The van der Waals surface area contributed by atoms with E-state index in [0.717, 1.165) is 8.66 Å². The number of rotatable bonds is 4. The molecule has 0 atom stereocenters. The maximum Gasteiger partial charge on any atom is 0.244 e. The van der Waals surface area contributed by atoms with Gasteiger partial charge in [-0.25, -0.2) is 8.42 Å². The normalized spacial score (nSPS) is 18.3. The number of sulfonamides is 1. The first-order chi connectivity index (χ1) is 9.30. The predicted octanol–water partition coefficient (Wildman–Crippen LogP) is 1.41. The molecule has 1 fully saturated rings. The zero-order valence-electron chi connectivity index (χ0n) is 11.0. The summed E-state index contributed by atoms with van der Waals surface area (Å²) in [7, 11) is -3.40. The Balaban J connectivity index is 2.10. The van der Waals surface area contributed by atoms with Crippen molar-refractivity contribution in [2.45, 2.75) is 11.8 Å². The molecule has 1 aromatic heterocycles. The van der Waals surface area contributed by atoms with Crippen LogP contribution in [0.25, 0.3) is 0 Å². The van der Waals surface area contributed by atoms with E-state index >= 15 is 0 Å². The molecule has 0 amide bonds. The maximum atomic E-state index is 12.6. The van der Waals surface area contributed by atoms with Gasteiger partial charge in [0.25, 0.3) is 0 Å². The van der Waals surface area contributed by atoms with E-state index in [1.807, 2.05) is 6.92 Å². The number of hydrogen-bond acceptors (Lipinski definition) is 5. The number of nitrogens with zero attached hydrogens (tertiary/aromatic N) is 2. The molecule has 0 radical (unpaired) electrons. The fourth-order valence-electron chi connectivity index (χ4n) is 2.17. The van der Waals surface area contributed by atoms with Crippen molar-refractivity contribution < 1.29 is 8.42 Å². The molecule has 1 saturated heterocycles. The van der Waals surface area contributed by atoms with Crippen LogP contribution in [0.4, 0.5) is 0 Å². The lowest BCUT2D eigenvalue weighted by Crippen LogP contribution is -2.50. The lowest BCUT2D eigenvalue weighted by molar-refractivity contribution is 0.209. The highest BCUT2D eigenvalue weighted by Crippen LogP contribution is 2.31. The van der Waals surface area contributed by atoms with Gasteiger partial charge < -0.3 is 5.73 Å². The van der Waals surface area contributed by atoms with Crippen molar-refractivity contribution in [3.63, 3.8) is 0 Å². The smallest absolute Gasteiger partial charge is 0.244 e. The Morgan fingerprint density at radius 2 is 2.05 bits per heavy atom. The molecule has 1 aromatic rings. The molecule has 2 N–H and O–H groups in total. The lowest BCUT2D eigenvalue weighted by atomic mass is 10.3. The summed E-state index contributed by atoms with van der Waals surface area (Å²) in [5.74, 6) is 0. The van der Waals surface area contributed by atoms with Gasteiger partial charge in [0.1, 0.15) is 0 Å².